The Balaban J connectivity index is 1.48. The van der Waals surface area contributed by atoms with E-state index in [0.29, 0.717) is 43.8 Å². The predicted octanol–water partition coefficient (Wildman–Crippen LogP) is 2.33. The van der Waals surface area contributed by atoms with Crippen molar-refractivity contribution >= 4 is 0 Å². The van der Waals surface area contributed by atoms with Gasteiger partial charge in [-0.05, 0) is 37.1 Å². The summed E-state index contributed by atoms with van der Waals surface area (Å²) in [6.45, 7) is 1.77. The highest BCUT2D eigenvalue weighted by Crippen LogP contribution is 2.33. The van der Waals surface area contributed by atoms with E-state index >= 15 is 0 Å². The maximum Gasteiger partial charge on any atom is 0.234 e. The number of benzene rings is 1. The van der Waals surface area contributed by atoms with E-state index in [4.69, 9.17) is 24.1 Å². The minimum absolute atomic E-state index is 0.290. The van der Waals surface area contributed by atoms with Crippen LogP contribution in [0.25, 0.3) is 11.5 Å². The second kappa shape index (κ2) is 7.50. The molecule has 142 valence electrons. The molecule has 8 nitrogen and oxygen atoms in total. The van der Waals surface area contributed by atoms with Gasteiger partial charge in [-0.15, -0.1) is 0 Å². The number of ether oxygens (including phenoxy) is 2. The Morgan fingerprint density at radius 2 is 1.93 bits per heavy atom. The van der Waals surface area contributed by atoms with E-state index in [9.17, 15) is 0 Å². The first-order valence-corrected chi connectivity index (χ1v) is 8.92. The zero-order valence-electron chi connectivity index (χ0n) is 15.2. The lowest BCUT2D eigenvalue weighted by molar-refractivity contribution is 0.0409. The molecule has 0 spiro atoms. The molecule has 0 saturated carbocycles. The van der Waals surface area contributed by atoms with Gasteiger partial charge < -0.3 is 24.1 Å². The standard InChI is InChI=1S/C19H22N4O4/c1-24-15-4-2-13(3-5-15)17-21-14(11-26-17)10-16-22-18(27-23-16)19(12-20)6-8-25-9-7-19/h2-5,11H,6-10,12,20H2,1H3. The molecular formula is C19H22N4O4. The van der Waals surface area contributed by atoms with E-state index in [2.05, 4.69) is 15.1 Å². The second-order valence-corrected chi connectivity index (χ2v) is 6.66. The molecule has 4 rings (SSSR count). The molecular weight excluding hydrogens is 348 g/mol. The largest absolute Gasteiger partial charge is 0.497 e. The van der Waals surface area contributed by atoms with Crippen LogP contribution in [0.15, 0.2) is 39.5 Å². The van der Waals surface area contributed by atoms with Gasteiger partial charge in [0.2, 0.25) is 11.8 Å². The third-order valence-electron chi connectivity index (χ3n) is 4.99. The smallest absolute Gasteiger partial charge is 0.234 e. The van der Waals surface area contributed by atoms with Crippen molar-refractivity contribution in [3.05, 3.63) is 47.9 Å². The number of methoxy groups -OCH3 is 1. The first-order chi connectivity index (χ1) is 13.2. The van der Waals surface area contributed by atoms with Gasteiger partial charge in [-0.1, -0.05) is 5.16 Å². The van der Waals surface area contributed by atoms with E-state index < -0.39 is 0 Å². The van der Waals surface area contributed by atoms with Crippen LogP contribution in [-0.4, -0.2) is 42.0 Å². The number of oxazole rings is 1. The molecule has 0 aliphatic carbocycles. The van der Waals surface area contributed by atoms with Crippen LogP contribution >= 0.6 is 0 Å². The fourth-order valence-corrected chi connectivity index (χ4v) is 3.22. The van der Waals surface area contributed by atoms with Crippen molar-refractivity contribution in [1.82, 2.24) is 15.1 Å². The average Bonchev–Trinajstić information content (AvgIpc) is 3.39. The molecule has 2 aromatic heterocycles. The van der Waals surface area contributed by atoms with Crippen LogP contribution in [-0.2, 0) is 16.6 Å². The molecule has 0 radical (unpaired) electrons. The monoisotopic (exact) mass is 370 g/mol. The second-order valence-electron chi connectivity index (χ2n) is 6.66. The summed E-state index contributed by atoms with van der Waals surface area (Å²) in [5.41, 5.74) is 7.32. The first-order valence-electron chi connectivity index (χ1n) is 8.92. The van der Waals surface area contributed by atoms with E-state index in [1.807, 2.05) is 24.3 Å². The predicted molar refractivity (Wildman–Crippen MR) is 96.4 cm³/mol. The molecule has 3 heterocycles. The lowest BCUT2D eigenvalue weighted by atomic mass is 9.80. The number of nitrogens with two attached hydrogens (primary N) is 1. The number of hydrogen-bond acceptors (Lipinski definition) is 8. The van der Waals surface area contributed by atoms with Gasteiger partial charge in [0.05, 0.1) is 24.6 Å². The van der Waals surface area contributed by atoms with Crippen LogP contribution in [0.3, 0.4) is 0 Å². The minimum Gasteiger partial charge on any atom is -0.497 e. The summed E-state index contributed by atoms with van der Waals surface area (Å²) < 4.78 is 21.7. The van der Waals surface area contributed by atoms with Crippen molar-refractivity contribution in [2.24, 2.45) is 5.73 Å². The van der Waals surface area contributed by atoms with Crippen LogP contribution in [0.5, 0.6) is 5.75 Å². The Kier molecular flexibility index (Phi) is 4.91. The molecule has 1 aliphatic rings. The molecule has 1 aliphatic heterocycles. The van der Waals surface area contributed by atoms with Crippen molar-refractivity contribution in [2.45, 2.75) is 24.7 Å². The molecule has 0 atom stereocenters. The fourth-order valence-electron chi connectivity index (χ4n) is 3.22. The Hall–Kier alpha value is -2.71. The van der Waals surface area contributed by atoms with Gasteiger partial charge in [0.25, 0.3) is 0 Å². The molecule has 2 N–H and O–H groups in total. The maximum atomic E-state index is 6.00. The highest BCUT2D eigenvalue weighted by atomic mass is 16.5. The molecule has 8 heteroatoms. The summed E-state index contributed by atoms with van der Waals surface area (Å²) in [4.78, 5) is 9.08. The van der Waals surface area contributed by atoms with E-state index in [1.54, 1.807) is 13.4 Å². The van der Waals surface area contributed by atoms with Gasteiger partial charge >= 0.3 is 0 Å². The Labute approximate surface area is 156 Å². The summed E-state index contributed by atoms with van der Waals surface area (Å²) in [5.74, 6) is 2.48. The number of hydrogen-bond donors (Lipinski definition) is 1. The summed E-state index contributed by atoms with van der Waals surface area (Å²) >= 11 is 0. The molecule has 0 bridgehead atoms. The van der Waals surface area contributed by atoms with Crippen molar-refractivity contribution in [3.8, 4) is 17.2 Å². The normalized spacial score (nSPS) is 16.4. The zero-order valence-corrected chi connectivity index (χ0v) is 15.2. The van der Waals surface area contributed by atoms with Crippen LogP contribution in [0, 0.1) is 0 Å². The maximum absolute atomic E-state index is 6.00. The molecule has 0 unspecified atom stereocenters. The van der Waals surface area contributed by atoms with Crippen molar-refractivity contribution in [3.63, 3.8) is 0 Å². The van der Waals surface area contributed by atoms with Gasteiger partial charge in [-0.2, -0.15) is 4.98 Å². The summed E-state index contributed by atoms with van der Waals surface area (Å²) in [6, 6.07) is 7.53. The van der Waals surface area contributed by atoms with Crippen molar-refractivity contribution < 1.29 is 18.4 Å². The molecule has 27 heavy (non-hydrogen) atoms. The lowest BCUT2D eigenvalue weighted by Crippen LogP contribution is -2.40. The van der Waals surface area contributed by atoms with E-state index in [0.717, 1.165) is 29.8 Å². The third-order valence-corrected chi connectivity index (χ3v) is 4.99. The first kappa shape index (κ1) is 17.7. The van der Waals surface area contributed by atoms with E-state index in [1.165, 1.54) is 0 Å². The summed E-state index contributed by atoms with van der Waals surface area (Å²) in [5, 5.41) is 4.10. The minimum atomic E-state index is -0.290. The Bertz CT molecular complexity index is 881. The van der Waals surface area contributed by atoms with Crippen LogP contribution in [0.4, 0.5) is 0 Å². The van der Waals surface area contributed by atoms with Crippen LogP contribution in [0.1, 0.15) is 30.3 Å². The third kappa shape index (κ3) is 3.58. The van der Waals surface area contributed by atoms with Crippen molar-refractivity contribution in [2.75, 3.05) is 26.9 Å². The van der Waals surface area contributed by atoms with Crippen LogP contribution in [0.2, 0.25) is 0 Å². The Morgan fingerprint density at radius 3 is 2.63 bits per heavy atom. The summed E-state index contributed by atoms with van der Waals surface area (Å²) in [7, 11) is 1.63. The highest BCUT2D eigenvalue weighted by Gasteiger charge is 2.38. The topological polar surface area (TPSA) is 109 Å². The van der Waals surface area contributed by atoms with E-state index in [-0.39, 0.29) is 5.41 Å². The number of rotatable bonds is 6. The van der Waals surface area contributed by atoms with Gasteiger partial charge in [0, 0.05) is 25.3 Å². The quantitative estimate of drug-likeness (QED) is 0.704. The number of nitrogens with zero attached hydrogens (tertiary/aromatic N) is 3. The zero-order chi connectivity index (χ0) is 18.7. The van der Waals surface area contributed by atoms with Gasteiger partial charge in [-0.25, -0.2) is 4.98 Å². The molecule has 1 aromatic carbocycles. The number of aromatic nitrogens is 3. The van der Waals surface area contributed by atoms with Gasteiger partial charge in [0.15, 0.2) is 5.82 Å². The van der Waals surface area contributed by atoms with Gasteiger partial charge in [-0.3, -0.25) is 0 Å². The molecule has 0 amide bonds. The summed E-state index contributed by atoms with van der Waals surface area (Å²) in [6.07, 6.45) is 3.62. The molecule has 1 fully saturated rings. The van der Waals surface area contributed by atoms with Gasteiger partial charge in [0.1, 0.15) is 12.0 Å². The highest BCUT2D eigenvalue weighted by molar-refractivity contribution is 5.54. The Morgan fingerprint density at radius 1 is 1.15 bits per heavy atom. The average molecular weight is 370 g/mol. The SMILES string of the molecule is COc1ccc(-c2nc(Cc3noc(C4(CN)CCOCC4)n3)co2)cc1. The molecule has 1 saturated heterocycles. The molecule has 3 aromatic rings. The lowest BCUT2D eigenvalue weighted by Gasteiger charge is -2.32. The van der Waals surface area contributed by atoms with Crippen LogP contribution < -0.4 is 10.5 Å². The fraction of sp³-hybridized carbons (Fsp3) is 0.421. The van der Waals surface area contributed by atoms with Crippen molar-refractivity contribution in [1.29, 1.82) is 0 Å².